The molecule has 0 aromatic carbocycles. The van der Waals surface area contributed by atoms with E-state index in [0.29, 0.717) is 17.5 Å². The van der Waals surface area contributed by atoms with Crippen LogP contribution in [0, 0.1) is 5.92 Å². The number of rotatable bonds is 3. The predicted octanol–water partition coefficient (Wildman–Crippen LogP) is 2.42. The summed E-state index contributed by atoms with van der Waals surface area (Å²) >= 11 is 0. The van der Waals surface area contributed by atoms with Crippen LogP contribution in [-0.4, -0.2) is 34.7 Å². The normalized spacial score (nSPS) is 27.4. The second-order valence-electron chi connectivity index (χ2n) is 6.56. The van der Waals surface area contributed by atoms with Gasteiger partial charge in [-0.25, -0.2) is 0 Å². The molecular weight excluding hydrogens is 238 g/mol. The van der Waals surface area contributed by atoms with E-state index in [9.17, 15) is 0 Å². The number of hydrogen-bond donors (Lipinski definition) is 1. The summed E-state index contributed by atoms with van der Waals surface area (Å²) in [4.78, 5) is 2.60. The van der Waals surface area contributed by atoms with Gasteiger partial charge in [-0.1, -0.05) is 31.8 Å². The summed E-state index contributed by atoms with van der Waals surface area (Å²) in [5.41, 5.74) is 0.366. The SMILES string of the molecule is CC(C)C1CNC2(CCCC2)CN1Cc1ccno1. The smallest absolute Gasteiger partial charge is 0.150 e. The van der Waals surface area contributed by atoms with Crippen molar-refractivity contribution < 1.29 is 4.52 Å². The van der Waals surface area contributed by atoms with E-state index in [-0.39, 0.29) is 0 Å². The third-order valence-corrected chi connectivity index (χ3v) is 4.84. The van der Waals surface area contributed by atoms with E-state index in [1.54, 1.807) is 6.20 Å². The topological polar surface area (TPSA) is 41.3 Å². The van der Waals surface area contributed by atoms with Crippen molar-refractivity contribution >= 4 is 0 Å². The van der Waals surface area contributed by atoms with Gasteiger partial charge in [-0.15, -0.1) is 0 Å². The Morgan fingerprint density at radius 2 is 2.26 bits per heavy atom. The minimum absolute atomic E-state index is 0.366. The van der Waals surface area contributed by atoms with E-state index in [0.717, 1.165) is 25.4 Å². The molecular formula is C15H25N3O. The van der Waals surface area contributed by atoms with Crippen molar-refractivity contribution in [3.05, 3.63) is 18.0 Å². The molecule has 2 fully saturated rings. The lowest BCUT2D eigenvalue weighted by Crippen LogP contribution is -2.63. The maximum atomic E-state index is 5.30. The molecule has 0 radical (unpaired) electrons. The number of piperazine rings is 1. The Labute approximate surface area is 115 Å². The highest BCUT2D eigenvalue weighted by molar-refractivity contribution is 5.03. The standard InChI is InChI=1S/C15H25N3O/c1-12(2)14-9-16-15(6-3-4-7-15)11-18(14)10-13-5-8-17-19-13/h5,8,12,14,16H,3-4,6-7,9-11H2,1-2H3. The molecule has 2 aliphatic rings. The third kappa shape index (κ3) is 2.70. The minimum Gasteiger partial charge on any atom is -0.360 e. The first-order valence-corrected chi connectivity index (χ1v) is 7.57. The van der Waals surface area contributed by atoms with E-state index < -0.39 is 0 Å². The molecule has 1 aromatic heterocycles. The van der Waals surface area contributed by atoms with Crippen LogP contribution in [0.3, 0.4) is 0 Å². The molecule has 0 bridgehead atoms. The van der Waals surface area contributed by atoms with Crippen molar-refractivity contribution in [3.63, 3.8) is 0 Å². The first kappa shape index (κ1) is 13.1. The van der Waals surface area contributed by atoms with Crippen molar-refractivity contribution in [1.82, 2.24) is 15.4 Å². The monoisotopic (exact) mass is 263 g/mol. The molecule has 4 nitrogen and oxygen atoms in total. The average Bonchev–Trinajstić information content (AvgIpc) is 3.01. The molecule has 1 aliphatic heterocycles. The van der Waals surface area contributed by atoms with Gasteiger partial charge in [0.15, 0.2) is 5.76 Å². The summed E-state index contributed by atoms with van der Waals surface area (Å²) in [6.07, 6.45) is 7.13. The fraction of sp³-hybridized carbons (Fsp3) is 0.800. The summed E-state index contributed by atoms with van der Waals surface area (Å²) in [7, 11) is 0. The van der Waals surface area contributed by atoms with Crippen molar-refractivity contribution in [2.24, 2.45) is 5.92 Å². The Morgan fingerprint density at radius 3 is 2.89 bits per heavy atom. The molecule has 1 aromatic rings. The Bertz CT molecular complexity index is 396. The molecule has 19 heavy (non-hydrogen) atoms. The number of nitrogens with one attached hydrogen (secondary N) is 1. The van der Waals surface area contributed by atoms with Crippen molar-refractivity contribution in [2.75, 3.05) is 13.1 Å². The van der Waals surface area contributed by atoms with Crippen molar-refractivity contribution in [3.8, 4) is 0 Å². The van der Waals surface area contributed by atoms with E-state index >= 15 is 0 Å². The number of nitrogens with zero attached hydrogens (tertiary/aromatic N) is 2. The summed E-state index contributed by atoms with van der Waals surface area (Å²) in [6, 6.07) is 2.58. The van der Waals surface area contributed by atoms with Gasteiger partial charge in [-0.2, -0.15) is 0 Å². The van der Waals surface area contributed by atoms with Gasteiger partial charge < -0.3 is 9.84 Å². The van der Waals surface area contributed by atoms with Crippen LogP contribution in [-0.2, 0) is 6.54 Å². The Kier molecular flexibility index (Phi) is 3.63. The second-order valence-corrected chi connectivity index (χ2v) is 6.56. The molecule has 1 N–H and O–H groups in total. The average molecular weight is 263 g/mol. The Balaban J connectivity index is 1.74. The highest BCUT2D eigenvalue weighted by atomic mass is 16.5. The van der Waals surface area contributed by atoms with Crippen LogP contribution in [0.5, 0.6) is 0 Å². The van der Waals surface area contributed by atoms with Crippen LogP contribution in [0.25, 0.3) is 0 Å². The molecule has 1 aliphatic carbocycles. The highest BCUT2D eigenvalue weighted by Crippen LogP contribution is 2.34. The highest BCUT2D eigenvalue weighted by Gasteiger charge is 2.41. The lowest BCUT2D eigenvalue weighted by Gasteiger charge is -2.47. The summed E-state index contributed by atoms with van der Waals surface area (Å²) in [5, 5.41) is 7.68. The molecule has 0 amide bonds. The molecule has 1 unspecified atom stereocenters. The van der Waals surface area contributed by atoms with Crippen LogP contribution in [0.4, 0.5) is 0 Å². The lowest BCUT2D eigenvalue weighted by molar-refractivity contribution is 0.0440. The van der Waals surface area contributed by atoms with Crippen LogP contribution < -0.4 is 5.32 Å². The molecule has 1 spiro atoms. The zero-order chi connectivity index (χ0) is 13.3. The van der Waals surface area contributed by atoms with Crippen molar-refractivity contribution in [2.45, 2.75) is 57.7 Å². The van der Waals surface area contributed by atoms with Gasteiger partial charge in [0.2, 0.25) is 0 Å². The predicted molar refractivity (Wildman–Crippen MR) is 74.7 cm³/mol. The van der Waals surface area contributed by atoms with Gasteiger partial charge in [-0.05, 0) is 18.8 Å². The molecule has 106 valence electrons. The quantitative estimate of drug-likeness (QED) is 0.909. The fourth-order valence-electron chi connectivity index (χ4n) is 3.75. The molecule has 3 rings (SSSR count). The van der Waals surface area contributed by atoms with Crippen LogP contribution >= 0.6 is 0 Å². The molecule has 1 atom stereocenters. The maximum Gasteiger partial charge on any atom is 0.150 e. The number of aromatic nitrogens is 1. The third-order valence-electron chi connectivity index (χ3n) is 4.84. The molecule has 1 saturated heterocycles. The van der Waals surface area contributed by atoms with E-state index in [1.165, 1.54) is 25.7 Å². The molecule has 4 heteroatoms. The maximum absolute atomic E-state index is 5.30. The second kappa shape index (κ2) is 5.25. The fourth-order valence-corrected chi connectivity index (χ4v) is 3.75. The Hall–Kier alpha value is -0.870. The van der Waals surface area contributed by atoms with Crippen LogP contribution in [0.2, 0.25) is 0 Å². The van der Waals surface area contributed by atoms with Crippen molar-refractivity contribution in [1.29, 1.82) is 0 Å². The van der Waals surface area contributed by atoms with Crippen LogP contribution in [0.1, 0.15) is 45.3 Å². The molecule has 2 heterocycles. The van der Waals surface area contributed by atoms with Crippen LogP contribution in [0.15, 0.2) is 16.8 Å². The minimum atomic E-state index is 0.366. The van der Waals surface area contributed by atoms with Gasteiger partial charge in [0, 0.05) is 30.7 Å². The summed E-state index contributed by atoms with van der Waals surface area (Å²) in [6.45, 7) is 7.77. The number of hydrogen-bond acceptors (Lipinski definition) is 4. The summed E-state index contributed by atoms with van der Waals surface area (Å²) in [5.74, 6) is 1.65. The van der Waals surface area contributed by atoms with E-state index in [1.807, 2.05) is 6.07 Å². The zero-order valence-electron chi connectivity index (χ0n) is 12.1. The largest absolute Gasteiger partial charge is 0.360 e. The first-order valence-electron chi connectivity index (χ1n) is 7.57. The zero-order valence-corrected chi connectivity index (χ0v) is 12.1. The lowest BCUT2D eigenvalue weighted by atomic mass is 9.89. The Morgan fingerprint density at radius 1 is 1.47 bits per heavy atom. The molecule has 1 saturated carbocycles. The van der Waals surface area contributed by atoms with Gasteiger partial charge in [-0.3, -0.25) is 4.90 Å². The van der Waals surface area contributed by atoms with Gasteiger partial charge >= 0.3 is 0 Å². The summed E-state index contributed by atoms with van der Waals surface area (Å²) < 4.78 is 5.30. The van der Waals surface area contributed by atoms with Gasteiger partial charge in [0.25, 0.3) is 0 Å². The first-order chi connectivity index (χ1) is 9.19. The van der Waals surface area contributed by atoms with Gasteiger partial charge in [0.05, 0.1) is 12.7 Å². The van der Waals surface area contributed by atoms with E-state index in [2.05, 4.69) is 29.2 Å². The van der Waals surface area contributed by atoms with Gasteiger partial charge in [0.1, 0.15) is 0 Å². The van der Waals surface area contributed by atoms with E-state index in [4.69, 9.17) is 4.52 Å².